The van der Waals surface area contributed by atoms with Gasteiger partial charge < -0.3 is 9.84 Å². The van der Waals surface area contributed by atoms with Crippen LogP contribution < -0.4 is 4.74 Å². The molecule has 20 heavy (non-hydrogen) atoms. The van der Waals surface area contributed by atoms with E-state index in [4.69, 9.17) is 4.74 Å². The molecule has 102 valence electrons. The van der Waals surface area contributed by atoms with Gasteiger partial charge in [-0.15, -0.1) is 0 Å². The van der Waals surface area contributed by atoms with E-state index in [0.717, 1.165) is 5.56 Å². The molecule has 2 rings (SSSR count). The molecule has 1 N–H and O–H groups in total. The lowest BCUT2D eigenvalue weighted by Crippen LogP contribution is -1.97. The van der Waals surface area contributed by atoms with Gasteiger partial charge in [0.1, 0.15) is 11.5 Å². The Morgan fingerprint density at radius 3 is 2.60 bits per heavy atom. The third kappa shape index (κ3) is 3.48. The van der Waals surface area contributed by atoms with Crippen molar-refractivity contribution in [1.82, 2.24) is 0 Å². The van der Waals surface area contributed by atoms with Gasteiger partial charge in [0.15, 0.2) is 5.78 Å². The van der Waals surface area contributed by atoms with E-state index in [0.29, 0.717) is 12.4 Å². The van der Waals surface area contributed by atoms with Crippen LogP contribution in [-0.2, 0) is 0 Å². The van der Waals surface area contributed by atoms with Crippen LogP contribution in [-0.4, -0.2) is 17.5 Å². The van der Waals surface area contributed by atoms with Gasteiger partial charge in [0.2, 0.25) is 0 Å². The molecule has 0 bridgehead atoms. The summed E-state index contributed by atoms with van der Waals surface area (Å²) >= 11 is 0. The van der Waals surface area contributed by atoms with E-state index in [2.05, 4.69) is 0 Å². The van der Waals surface area contributed by atoms with Crippen molar-refractivity contribution in [3.63, 3.8) is 0 Å². The fraction of sp³-hybridized carbons (Fsp3) is 0.118. The predicted molar refractivity (Wildman–Crippen MR) is 79.1 cm³/mol. The largest absolute Gasteiger partial charge is 0.507 e. The Bertz CT molecular complexity index is 615. The van der Waals surface area contributed by atoms with E-state index in [-0.39, 0.29) is 17.1 Å². The number of allylic oxidation sites excluding steroid dienone is 1. The second kappa shape index (κ2) is 6.57. The number of aromatic hydroxyl groups is 1. The summed E-state index contributed by atoms with van der Waals surface area (Å²) in [4.78, 5) is 12.0. The number of hydrogen-bond acceptors (Lipinski definition) is 3. The summed E-state index contributed by atoms with van der Waals surface area (Å²) in [7, 11) is 0. The van der Waals surface area contributed by atoms with E-state index in [1.807, 2.05) is 37.3 Å². The lowest BCUT2D eigenvalue weighted by molar-refractivity contribution is 0.104. The van der Waals surface area contributed by atoms with Crippen LogP contribution in [0.1, 0.15) is 22.8 Å². The lowest BCUT2D eigenvalue weighted by Gasteiger charge is -2.05. The highest BCUT2D eigenvalue weighted by molar-refractivity contribution is 6.08. The summed E-state index contributed by atoms with van der Waals surface area (Å²) < 4.78 is 5.26. The zero-order chi connectivity index (χ0) is 14.4. The quantitative estimate of drug-likeness (QED) is 0.664. The van der Waals surface area contributed by atoms with Gasteiger partial charge >= 0.3 is 0 Å². The van der Waals surface area contributed by atoms with Crippen molar-refractivity contribution in [2.24, 2.45) is 0 Å². The number of benzene rings is 2. The van der Waals surface area contributed by atoms with Crippen LogP contribution in [0.25, 0.3) is 6.08 Å². The molecule has 0 saturated heterocycles. The second-order valence-electron chi connectivity index (χ2n) is 4.22. The number of phenols is 1. The molecule has 0 saturated carbocycles. The van der Waals surface area contributed by atoms with Gasteiger partial charge in [0, 0.05) is 6.07 Å². The summed E-state index contributed by atoms with van der Waals surface area (Å²) in [5, 5.41) is 9.85. The lowest BCUT2D eigenvalue weighted by atomic mass is 10.1. The summed E-state index contributed by atoms with van der Waals surface area (Å²) in [5.74, 6) is 0.238. The van der Waals surface area contributed by atoms with Crippen molar-refractivity contribution in [2.45, 2.75) is 6.92 Å². The first-order valence-electron chi connectivity index (χ1n) is 6.44. The Morgan fingerprint density at radius 2 is 1.95 bits per heavy atom. The Kier molecular flexibility index (Phi) is 4.56. The average Bonchev–Trinajstić information content (AvgIpc) is 2.46. The average molecular weight is 268 g/mol. The van der Waals surface area contributed by atoms with Crippen LogP contribution >= 0.6 is 0 Å². The molecule has 0 fully saturated rings. The molecular formula is C17H16O3. The molecule has 2 aromatic rings. The van der Waals surface area contributed by atoms with Gasteiger partial charge in [-0.2, -0.15) is 0 Å². The Hall–Kier alpha value is -2.55. The summed E-state index contributed by atoms with van der Waals surface area (Å²) in [5.41, 5.74) is 1.20. The van der Waals surface area contributed by atoms with Crippen molar-refractivity contribution in [2.75, 3.05) is 6.61 Å². The van der Waals surface area contributed by atoms with Crippen LogP contribution in [0.4, 0.5) is 0 Å². The first kappa shape index (κ1) is 13.9. The Balaban J connectivity index is 2.15. The van der Waals surface area contributed by atoms with Crippen LogP contribution in [0.15, 0.2) is 54.6 Å². The fourth-order valence-electron chi connectivity index (χ4n) is 1.80. The number of phenolic OH excluding ortho intramolecular Hbond substituents is 1. The maximum absolute atomic E-state index is 12.0. The molecule has 0 aliphatic rings. The Labute approximate surface area is 118 Å². The molecule has 0 radical (unpaired) electrons. The van der Waals surface area contributed by atoms with Gasteiger partial charge in [-0.3, -0.25) is 4.79 Å². The monoisotopic (exact) mass is 268 g/mol. The molecule has 3 heteroatoms. The highest BCUT2D eigenvalue weighted by atomic mass is 16.5. The third-order valence-corrected chi connectivity index (χ3v) is 2.77. The molecule has 2 aromatic carbocycles. The Morgan fingerprint density at radius 1 is 1.20 bits per heavy atom. The highest BCUT2D eigenvalue weighted by Gasteiger charge is 2.09. The molecule has 3 nitrogen and oxygen atoms in total. The van der Waals surface area contributed by atoms with Crippen molar-refractivity contribution >= 4 is 11.9 Å². The molecule has 0 atom stereocenters. The first-order valence-corrected chi connectivity index (χ1v) is 6.44. The van der Waals surface area contributed by atoms with Gasteiger partial charge in [0.25, 0.3) is 0 Å². The first-order chi connectivity index (χ1) is 9.70. The minimum absolute atomic E-state index is 0.0707. The summed E-state index contributed by atoms with van der Waals surface area (Å²) in [6.07, 6.45) is 3.17. The standard InChI is InChI=1S/C17H16O3/c1-2-20-14-9-10-15(17(19)12-14)16(18)11-8-13-6-4-3-5-7-13/h3-12,19H,2H2,1H3. The van der Waals surface area contributed by atoms with Crippen molar-refractivity contribution in [3.8, 4) is 11.5 Å². The van der Waals surface area contributed by atoms with Gasteiger partial charge in [-0.25, -0.2) is 0 Å². The zero-order valence-electron chi connectivity index (χ0n) is 11.2. The summed E-state index contributed by atoms with van der Waals surface area (Å²) in [6.45, 7) is 2.37. The highest BCUT2D eigenvalue weighted by Crippen LogP contribution is 2.24. The second-order valence-corrected chi connectivity index (χ2v) is 4.22. The van der Waals surface area contributed by atoms with E-state index in [9.17, 15) is 9.90 Å². The van der Waals surface area contributed by atoms with Gasteiger partial charge in [0.05, 0.1) is 12.2 Å². The van der Waals surface area contributed by atoms with Crippen molar-refractivity contribution < 1.29 is 14.6 Å². The molecule has 0 unspecified atom stereocenters. The predicted octanol–water partition coefficient (Wildman–Crippen LogP) is 3.69. The van der Waals surface area contributed by atoms with Crippen LogP contribution in [0, 0.1) is 0 Å². The summed E-state index contributed by atoms with van der Waals surface area (Å²) in [6, 6.07) is 14.2. The number of ketones is 1. The van der Waals surface area contributed by atoms with Crippen LogP contribution in [0.2, 0.25) is 0 Å². The smallest absolute Gasteiger partial charge is 0.189 e. The normalized spacial score (nSPS) is 10.7. The molecule has 0 amide bonds. The van der Waals surface area contributed by atoms with E-state index < -0.39 is 0 Å². The number of ether oxygens (including phenoxy) is 1. The molecule has 0 aliphatic heterocycles. The SMILES string of the molecule is CCOc1ccc(C(=O)C=Cc2ccccc2)c(O)c1. The van der Waals surface area contributed by atoms with Gasteiger partial charge in [-0.1, -0.05) is 36.4 Å². The fourth-order valence-corrected chi connectivity index (χ4v) is 1.80. The number of carbonyl (C=O) groups excluding carboxylic acids is 1. The zero-order valence-corrected chi connectivity index (χ0v) is 11.2. The molecule has 0 spiro atoms. The molecule has 0 aliphatic carbocycles. The maximum atomic E-state index is 12.0. The minimum Gasteiger partial charge on any atom is -0.507 e. The van der Waals surface area contributed by atoms with Crippen LogP contribution in [0.5, 0.6) is 11.5 Å². The van der Waals surface area contributed by atoms with Gasteiger partial charge in [-0.05, 0) is 30.7 Å². The van der Waals surface area contributed by atoms with Crippen molar-refractivity contribution in [1.29, 1.82) is 0 Å². The maximum Gasteiger partial charge on any atom is 0.189 e. The topological polar surface area (TPSA) is 46.5 Å². The minimum atomic E-state index is -0.241. The van der Waals surface area contributed by atoms with E-state index in [1.54, 1.807) is 18.2 Å². The third-order valence-electron chi connectivity index (χ3n) is 2.77. The van der Waals surface area contributed by atoms with E-state index >= 15 is 0 Å². The number of carbonyl (C=O) groups is 1. The van der Waals surface area contributed by atoms with E-state index in [1.165, 1.54) is 12.1 Å². The molecular weight excluding hydrogens is 252 g/mol. The number of hydrogen-bond donors (Lipinski definition) is 1. The molecule has 0 aromatic heterocycles. The van der Waals surface area contributed by atoms with Crippen molar-refractivity contribution in [3.05, 3.63) is 65.7 Å². The number of rotatable bonds is 5. The van der Waals surface area contributed by atoms with Crippen LogP contribution in [0.3, 0.4) is 0 Å². The molecule has 0 heterocycles.